The van der Waals surface area contributed by atoms with Gasteiger partial charge in [0.2, 0.25) is 0 Å². The molecule has 0 amide bonds. The number of unbranched alkanes of at least 4 members (excludes halogenated alkanes) is 1. The second kappa shape index (κ2) is 10.5. The van der Waals surface area contributed by atoms with Crippen molar-refractivity contribution < 1.29 is 0 Å². The van der Waals surface area contributed by atoms with Crippen LogP contribution < -0.4 is 0 Å². The van der Waals surface area contributed by atoms with Gasteiger partial charge in [0.25, 0.3) is 0 Å². The van der Waals surface area contributed by atoms with Gasteiger partial charge in [-0.1, -0.05) is 36.6 Å². The van der Waals surface area contributed by atoms with Crippen molar-refractivity contribution in [3.8, 4) is 0 Å². The fourth-order valence-electron chi connectivity index (χ4n) is 0.333. The molecule has 0 saturated heterocycles. The first kappa shape index (κ1) is 14.0. The smallest absolute Gasteiger partial charge is 0.0353 e. The Hall–Kier alpha value is -0.520. The molecule has 0 heteroatoms. The van der Waals surface area contributed by atoms with Crippen LogP contribution in [0, 0.1) is 0 Å². The van der Waals surface area contributed by atoms with Crippen LogP contribution in [0.3, 0.4) is 0 Å². The lowest BCUT2D eigenvalue weighted by Crippen LogP contribution is -1.66. The molecule has 0 saturated carbocycles. The van der Waals surface area contributed by atoms with Crippen molar-refractivity contribution >= 4 is 0 Å². The van der Waals surface area contributed by atoms with E-state index in [9.17, 15) is 0 Å². The van der Waals surface area contributed by atoms with E-state index in [1.165, 1.54) is 24.0 Å². The monoisotopic (exact) mass is 168 g/mol. The molecule has 0 nitrogen and oxygen atoms in total. The quantitative estimate of drug-likeness (QED) is 0.523. The van der Waals surface area contributed by atoms with E-state index < -0.39 is 0 Å². The molecule has 0 unspecified atom stereocenters. The Bertz CT molecular complexity index is 120. The first-order valence-electron chi connectivity index (χ1n) is 4.78. The summed E-state index contributed by atoms with van der Waals surface area (Å²) in [6.07, 6.45) is 6.77. The molecule has 72 valence electrons. The van der Waals surface area contributed by atoms with Crippen LogP contribution in [-0.2, 0) is 0 Å². The Morgan fingerprint density at radius 3 is 1.50 bits per heavy atom. The third-order valence-corrected chi connectivity index (χ3v) is 1.69. The SMILES string of the molecule is CC(C)=C(C)C.CC=CCCC. The van der Waals surface area contributed by atoms with Crippen LogP contribution in [0.1, 0.15) is 54.4 Å². The molecule has 0 aliphatic rings. The zero-order valence-corrected chi connectivity index (χ0v) is 9.57. The Balaban J connectivity index is 0. The summed E-state index contributed by atoms with van der Waals surface area (Å²) in [5, 5.41) is 0. The highest BCUT2D eigenvalue weighted by atomic mass is 13.8. The highest BCUT2D eigenvalue weighted by Gasteiger charge is 1.75. The Morgan fingerprint density at radius 1 is 1.00 bits per heavy atom. The molecule has 0 aliphatic carbocycles. The fraction of sp³-hybridized carbons (Fsp3) is 0.667. The molecule has 0 N–H and O–H groups in total. The van der Waals surface area contributed by atoms with Crippen molar-refractivity contribution in [1.82, 2.24) is 0 Å². The van der Waals surface area contributed by atoms with Crippen LogP contribution in [0.15, 0.2) is 23.3 Å². The first-order chi connectivity index (χ1) is 5.56. The Kier molecular flexibility index (Phi) is 12.3. The van der Waals surface area contributed by atoms with E-state index in [4.69, 9.17) is 0 Å². The lowest BCUT2D eigenvalue weighted by molar-refractivity contribution is 0.957. The standard InChI is InChI=1S/2C6H12/c1-5(2)6(3)4;1-3-5-6-4-2/h1-4H3;3,5H,4,6H2,1-2H3. The van der Waals surface area contributed by atoms with Crippen LogP contribution in [0.5, 0.6) is 0 Å². The number of hydrogen-bond acceptors (Lipinski definition) is 0. The summed E-state index contributed by atoms with van der Waals surface area (Å²) in [6.45, 7) is 12.7. The zero-order valence-electron chi connectivity index (χ0n) is 9.57. The maximum atomic E-state index is 2.18. The Morgan fingerprint density at radius 2 is 1.42 bits per heavy atom. The van der Waals surface area contributed by atoms with Gasteiger partial charge in [-0.15, -0.1) is 0 Å². The van der Waals surface area contributed by atoms with Crippen LogP contribution >= 0.6 is 0 Å². The fourth-order valence-corrected chi connectivity index (χ4v) is 0.333. The molecule has 0 aromatic rings. The summed E-state index contributed by atoms with van der Waals surface area (Å²) >= 11 is 0. The molecular weight excluding hydrogens is 144 g/mol. The number of rotatable bonds is 2. The number of hydrogen-bond donors (Lipinski definition) is 0. The summed E-state index contributed by atoms with van der Waals surface area (Å²) in [5.74, 6) is 0. The van der Waals surface area contributed by atoms with Gasteiger partial charge in [-0.3, -0.25) is 0 Å². The third kappa shape index (κ3) is 16.2. The molecule has 0 aromatic heterocycles. The zero-order chi connectivity index (χ0) is 9.98. The van der Waals surface area contributed by atoms with Crippen LogP contribution in [0.25, 0.3) is 0 Å². The van der Waals surface area contributed by atoms with Crippen molar-refractivity contribution in [3.63, 3.8) is 0 Å². The van der Waals surface area contributed by atoms with E-state index in [1.54, 1.807) is 0 Å². The minimum atomic E-state index is 1.23. The molecule has 0 spiro atoms. The van der Waals surface area contributed by atoms with E-state index in [-0.39, 0.29) is 0 Å². The molecule has 12 heavy (non-hydrogen) atoms. The van der Waals surface area contributed by atoms with Gasteiger partial charge >= 0.3 is 0 Å². The molecule has 0 aliphatic heterocycles. The van der Waals surface area contributed by atoms with Gasteiger partial charge in [-0.2, -0.15) is 0 Å². The van der Waals surface area contributed by atoms with Gasteiger partial charge in [0.1, 0.15) is 0 Å². The highest BCUT2D eigenvalue weighted by Crippen LogP contribution is 1.96. The predicted octanol–water partition coefficient (Wildman–Crippen LogP) is 4.73. The Labute approximate surface area is 78.4 Å². The van der Waals surface area contributed by atoms with Crippen molar-refractivity contribution in [3.05, 3.63) is 23.3 Å². The van der Waals surface area contributed by atoms with Crippen LogP contribution in [0.2, 0.25) is 0 Å². The predicted molar refractivity (Wildman–Crippen MR) is 59.4 cm³/mol. The van der Waals surface area contributed by atoms with Gasteiger partial charge < -0.3 is 0 Å². The van der Waals surface area contributed by atoms with Gasteiger partial charge in [0, 0.05) is 0 Å². The maximum absolute atomic E-state index is 2.18. The van der Waals surface area contributed by atoms with Crippen LogP contribution in [-0.4, -0.2) is 0 Å². The lowest BCUT2D eigenvalue weighted by Gasteiger charge is -1.88. The van der Waals surface area contributed by atoms with Crippen molar-refractivity contribution in [2.45, 2.75) is 54.4 Å². The average Bonchev–Trinajstić information content (AvgIpc) is 2.02. The van der Waals surface area contributed by atoms with E-state index in [0.29, 0.717) is 0 Å². The van der Waals surface area contributed by atoms with Crippen LogP contribution in [0.4, 0.5) is 0 Å². The van der Waals surface area contributed by atoms with E-state index in [2.05, 4.69) is 53.7 Å². The number of allylic oxidation sites excluding steroid dienone is 4. The van der Waals surface area contributed by atoms with E-state index >= 15 is 0 Å². The molecule has 0 rings (SSSR count). The van der Waals surface area contributed by atoms with Crippen molar-refractivity contribution in [2.75, 3.05) is 0 Å². The maximum Gasteiger partial charge on any atom is -0.0353 e. The summed E-state index contributed by atoms with van der Waals surface area (Å²) in [6, 6.07) is 0. The molecule has 0 radical (unpaired) electrons. The second-order valence-corrected chi connectivity index (χ2v) is 3.36. The lowest BCUT2D eigenvalue weighted by atomic mass is 10.2. The normalized spacial score (nSPS) is 9.17. The molecule has 0 aromatic carbocycles. The highest BCUT2D eigenvalue weighted by molar-refractivity contribution is 5.02. The first-order valence-corrected chi connectivity index (χ1v) is 4.78. The molecule has 0 atom stereocenters. The van der Waals surface area contributed by atoms with Crippen molar-refractivity contribution in [2.24, 2.45) is 0 Å². The molecule has 0 bridgehead atoms. The molecular formula is C12H24. The second-order valence-electron chi connectivity index (χ2n) is 3.36. The summed E-state index contributed by atoms with van der Waals surface area (Å²) < 4.78 is 0. The summed E-state index contributed by atoms with van der Waals surface area (Å²) in [4.78, 5) is 0. The van der Waals surface area contributed by atoms with Crippen molar-refractivity contribution in [1.29, 1.82) is 0 Å². The van der Waals surface area contributed by atoms with Gasteiger partial charge in [-0.05, 0) is 41.0 Å². The summed E-state index contributed by atoms with van der Waals surface area (Å²) in [5.41, 5.74) is 2.85. The third-order valence-electron chi connectivity index (χ3n) is 1.69. The van der Waals surface area contributed by atoms with Gasteiger partial charge in [0.15, 0.2) is 0 Å². The largest absolute Gasteiger partial charge is 0.0917 e. The topological polar surface area (TPSA) is 0 Å². The average molecular weight is 168 g/mol. The molecule has 0 fully saturated rings. The minimum absolute atomic E-state index is 1.23. The molecule has 0 heterocycles. The van der Waals surface area contributed by atoms with E-state index in [1.807, 2.05) is 0 Å². The van der Waals surface area contributed by atoms with Gasteiger partial charge in [-0.25, -0.2) is 0 Å². The summed E-state index contributed by atoms with van der Waals surface area (Å²) in [7, 11) is 0. The van der Waals surface area contributed by atoms with Gasteiger partial charge in [0.05, 0.1) is 0 Å². The minimum Gasteiger partial charge on any atom is -0.0917 e. The van der Waals surface area contributed by atoms with E-state index in [0.717, 1.165) is 0 Å².